The van der Waals surface area contributed by atoms with Crippen LogP contribution in [0.1, 0.15) is 21.7 Å². The average molecular weight is 250 g/mol. The zero-order valence-corrected chi connectivity index (χ0v) is 10.1. The van der Waals surface area contributed by atoms with E-state index in [4.69, 9.17) is 11.6 Å². The van der Waals surface area contributed by atoms with E-state index in [1.807, 2.05) is 30.3 Å². The Morgan fingerprint density at radius 1 is 1.24 bits per heavy atom. The standard InChI is InChI=1S/C13H12ClNO2/c1-17-13(16)12-7-6-11(15-12)8-9-2-4-10(14)5-3-9/h2-7,15H,8H2,1H3. The minimum absolute atomic E-state index is 0.354. The van der Waals surface area contributed by atoms with Gasteiger partial charge in [-0.3, -0.25) is 0 Å². The van der Waals surface area contributed by atoms with Gasteiger partial charge in [-0.05, 0) is 29.8 Å². The van der Waals surface area contributed by atoms with Crippen LogP contribution in [0.3, 0.4) is 0 Å². The number of halogens is 1. The molecule has 0 radical (unpaired) electrons. The summed E-state index contributed by atoms with van der Waals surface area (Å²) in [5.74, 6) is -0.354. The molecule has 0 aliphatic rings. The Balaban J connectivity index is 2.11. The van der Waals surface area contributed by atoms with E-state index in [2.05, 4.69) is 9.72 Å². The highest BCUT2D eigenvalue weighted by atomic mass is 35.5. The van der Waals surface area contributed by atoms with Crippen molar-refractivity contribution in [3.05, 3.63) is 58.4 Å². The number of aromatic nitrogens is 1. The fourth-order valence-corrected chi connectivity index (χ4v) is 1.72. The predicted molar refractivity (Wildman–Crippen MR) is 66.4 cm³/mol. The number of carbonyl (C=O) groups excluding carboxylic acids is 1. The molecule has 0 fully saturated rings. The van der Waals surface area contributed by atoms with Crippen LogP contribution in [0.25, 0.3) is 0 Å². The lowest BCUT2D eigenvalue weighted by Crippen LogP contribution is -2.01. The first-order valence-corrected chi connectivity index (χ1v) is 5.57. The molecule has 3 nitrogen and oxygen atoms in total. The summed E-state index contributed by atoms with van der Waals surface area (Å²) >= 11 is 5.81. The largest absolute Gasteiger partial charge is 0.464 e. The lowest BCUT2D eigenvalue weighted by Gasteiger charge is -1.99. The molecule has 88 valence electrons. The van der Waals surface area contributed by atoms with Gasteiger partial charge < -0.3 is 9.72 Å². The van der Waals surface area contributed by atoms with Crippen LogP contribution in [0.4, 0.5) is 0 Å². The second-order valence-electron chi connectivity index (χ2n) is 3.69. The van der Waals surface area contributed by atoms with Crippen LogP contribution < -0.4 is 0 Å². The summed E-state index contributed by atoms with van der Waals surface area (Å²) in [6.45, 7) is 0. The SMILES string of the molecule is COC(=O)c1ccc(Cc2ccc(Cl)cc2)[nH]1. The van der Waals surface area contributed by atoms with Crippen molar-refractivity contribution in [3.63, 3.8) is 0 Å². The maximum absolute atomic E-state index is 11.3. The van der Waals surface area contributed by atoms with Crippen LogP contribution in [0.5, 0.6) is 0 Å². The van der Waals surface area contributed by atoms with Gasteiger partial charge in [-0.1, -0.05) is 23.7 Å². The minimum Gasteiger partial charge on any atom is -0.464 e. The molecule has 0 atom stereocenters. The average Bonchev–Trinajstić information content (AvgIpc) is 2.80. The normalized spacial score (nSPS) is 10.2. The first-order chi connectivity index (χ1) is 8.19. The van der Waals surface area contributed by atoms with Crippen molar-refractivity contribution < 1.29 is 9.53 Å². The molecule has 0 spiro atoms. The number of methoxy groups -OCH3 is 1. The first-order valence-electron chi connectivity index (χ1n) is 5.19. The van der Waals surface area contributed by atoms with E-state index in [0.29, 0.717) is 5.69 Å². The van der Waals surface area contributed by atoms with E-state index in [-0.39, 0.29) is 5.97 Å². The monoisotopic (exact) mass is 249 g/mol. The molecule has 0 unspecified atom stereocenters. The number of nitrogens with one attached hydrogen (secondary N) is 1. The van der Waals surface area contributed by atoms with Crippen LogP contribution in [0.15, 0.2) is 36.4 Å². The molecule has 1 aromatic heterocycles. The van der Waals surface area contributed by atoms with Crippen molar-refractivity contribution in [2.45, 2.75) is 6.42 Å². The molecule has 0 amide bonds. The quantitative estimate of drug-likeness (QED) is 0.850. The van der Waals surface area contributed by atoms with E-state index in [1.54, 1.807) is 6.07 Å². The van der Waals surface area contributed by atoms with Crippen LogP contribution >= 0.6 is 11.6 Å². The van der Waals surface area contributed by atoms with Gasteiger partial charge in [0.15, 0.2) is 0 Å². The third kappa shape index (κ3) is 2.88. The number of hydrogen-bond donors (Lipinski definition) is 1. The summed E-state index contributed by atoms with van der Waals surface area (Å²) in [4.78, 5) is 14.3. The highest BCUT2D eigenvalue weighted by molar-refractivity contribution is 6.30. The maximum Gasteiger partial charge on any atom is 0.354 e. The lowest BCUT2D eigenvalue weighted by atomic mass is 10.1. The first kappa shape index (κ1) is 11.7. The molecule has 2 aromatic rings. The van der Waals surface area contributed by atoms with Gasteiger partial charge in [0, 0.05) is 17.1 Å². The highest BCUT2D eigenvalue weighted by Crippen LogP contribution is 2.13. The lowest BCUT2D eigenvalue weighted by molar-refractivity contribution is 0.0594. The van der Waals surface area contributed by atoms with Gasteiger partial charge in [-0.25, -0.2) is 4.79 Å². The predicted octanol–water partition coefficient (Wildman–Crippen LogP) is 3.05. The van der Waals surface area contributed by atoms with Gasteiger partial charge in [0.25, 0.3) is 0 Å². The molecule has 4 heteroatoms. The molecule has 1 heterocycles. The Hall–Kier alpha value is -1.74. The maximum atomic E-state index is 11.3. The topological polar surface area (TPSA) is 42.1 Å². The number of ether oxygens (including phenoxy) is 1. The third-order valence-corrected chi connectivity index (χ3v) is 2.71. The Labute approximate surface area is 104 Å². The molecular weight excluding hydrogens is 238 g/mol. The Kier molecular flexibility index (Phi) is 3.49. The zero-order valence-electron chi connectivity index (χ0n) is 9.37. The molecule has 17 heavy (non-hydrogen) atoms. The number of esters is 1. The van der Waals surface area contributed by atoms with Crippen LogP contribution in [-0.2, 0) is 11.2 Å². The van der Waals surface area contributed by atoms with Crippen molar-refractivity contribution in [2.24, 2.45) is 0 Å². The van der Waals surface area contributed by atoms with Crippen molar-refractivity contribution in [1.29, 1.82) is 0 Å². The number of H-pyrrole nitrogens is 1. The van der Waals surface area contributed by atoms with Gasteiger partial charge in [0.05, 0.1) is 7.11 Å². The van der Waals surface area contributed by atoms with Crippen molar-refractivity contribution >= 4 is 17.6 Å². The Bertz CT molecular complexity index is 516. The van der Waals surface area contributed by atoms with Crippen molar-refractivity contribution in [3.8, 4) is 0 Å². The summed E-state index contributed by atoms with van der Waals surface area (Å²) in [6.07, 6.45) is 0.730. The van der Waals surface area contributed by atoms with Crippen LogP contribution in [0.2, 0.25) is 5.02 Å². The van der Waals surface area contributed by atoms with Gasteiger partial charge >= 0.3 is 5.97 Å². The fourth-order valence-electron chi connectivity index (χ4n) is 1.59. The molecule has 0 aliphatic heterocycles. The summed E-state index contributed by atoms with van der Waals surface area (Å²) in [6, 6.07) is 11.2. The second kappa shape index (κ2) is 5.06. The highest BCUT2D eigenvalue weighted by Gasteiger charge is 2.07. The molecule has 2 rings (SSSR count). The van der Waals surface area contributed by atoms with Crippen LogP contribution in [0, 0.1) is 0 Å². The third-order valence-electron chi connectivity index (χ3n) is 2.46. The second-order valence-corrected chi connectivity index (χ2v) is 4.13. The molecular formula is C13H12ClNO2. The van der Waals surface area contributed by atoms with Gasteiger partial charge in [0.1, 0.15) is 5.69 Å². The molecule has 1 N–H and O–H groups in total. The summed E-state index contributed by atoms with van der Waals surface area (Å²) in [5, 5.41) is 0.718. The van der Waals surface area contributed by atoms with E-state index in [9.17, 15) is 4.79 Å². The number of rotatable bonds is 3. The minimum atomic E-state index is -0.354. The van der Waals surface area contributed by atoms with E-state index < -0.39 is 0 Å². The number of benzene rings is 1. The summed E-state index contributed by atoms with van der Waals surface area (Å²) in [5.41, 5.74) is 2.57. The zero-order chi connectivity index (χ0) is 12.3. The molecule has 0 saturated carbocycles. The molecule has 1 aromatic carbocycles. The van der Waals surface area contributed by atoms with Crippen LogP contribution in [-0.4, -0.2) is 18.1 Å². The number of carbonyl (C=O) groups is 1. The number of aromatic amines is 1. The van der Waals surface area contributed by atoms with E-state index in [1.165, 1.54) is 7.11 Å². The fraction of sp³-hybridized carbons (Fsp3) is 0.154. The molecule has 0 saturated heterocycles. The molecule has 0 bridgehead atoms. The smallest absolute Gasteiger partial charge is 0.354 e. The van der Waals surface area contributed by atoms with E-state index in [0.717, 1.165) is 22.7 Å². The van der Waals surface area contributed by atoms with Gasteiger partial charge in [-0.2, -0.15) is 0 Å². The molecule has 0 aliphatic carbocycles. The van der Waals surface area contributed by atoms with Gasteiger partial charge in [-0.15, -0.1) is 0 Å². The summed E-state index contributed by atoms with van der Waals surface area (Å²) < 4.78 is 4.63. The van der Waals surface area contributed by atoms with Gasteiger partial charge in [0.2, 0.25) is 0 Å². The van der Waals surface area contributed by atoms with E-state index >= 15 is 0 Å². The Morgan fingerprint density at radius 3 is 2.59 bits per heavy atom. The van der Waals surface area contributed by atoms with Crippen molar-refractivity contribution in [1.82, 2.24) is 4.98 Å². The Morgan fingerprint density at radius 2 is 1.94 bits per heavy atom. The summed E-state index contributed by atoms with van der Waals surface area (Å²) in [7, 11) is 1.36. The van der Waals surface area contributed by atoms with Crippen molar-refractivity contribution in [2.75, 3.05) is 7.11 Å². The number of hydrogen-bond acceptors (Lipinski definition) is 2.